The summed E-state index contributed by atoms with van der Waals surface area (Å²) in [6.45, 7) is 5.54. The van der Waals surface area contributed by atoms with Crippen LogP contribution in [0.4, 0.5) is 4.39 Å². The summed E-state index contributed by atoms with van der Waals surface area (Å²) >= 11 is 11.5. The third-order valence-corrected chi connectivity index (χ3v) is 4.00. The number of halogens is 3. The van der Waals surface area contributed by atoms with Crippen LogP contribution in [0.1, 0.15) is 16.8 Å². The molecule has 0 unspecified atom stereocenters. The van der Waals surface area contributed by atoms with Gasteiger partial charge in [-0.2, -0.15) is 0 Å². The maximum absolute atomic E-state index is 13.4. The van der Waals surface area contributed by atoms with E-state index in [1.54, 1.807) is 0 Å². The van der Waals surface area contributed by atoms with Crippen molar-refractivity contribution in [1.29, 1.82) is 0 Å². The van der Waals surface area contributed by atoms with E-state index < -0.39 is 5.82 Å². The molecular weight excluding hydrogens is 316 g/mol. The molecule has 1 aromatic rings. The zero-order valence-electron chi connectivity index (χ0n) is 11.6. The minimum absolute atomic E-state index is 0.0877. The summed E-state index contributed by atoms with van der Waals surface area (Å²) in [5.41, 5.74) is 0.112. The molecule has 7 heteroatoms. The summed E-state index contributed by atoms with van der Waals surface area (Å²) in [6, 6.07) is 2.31. The summed E-state index contributed by atoms with van der Waals surface area (Å²) in [7, 11) is 0. The average Bonchev–Trinajstić information content (AvgIpc) is 2.48. The number of carbonyl (C=O) groups excluding carboxylic acids is 1. The number of rotatable bonds is 5. The molecule has 0 spiro atoms. The van der Waals surface area contributed by atoms with Crippen molar-refractivity contribution in [1.82, 2.24) is 15.5 Å². The molecule has 1 aliphatic rings. The minimum Gasteiger partial charge on any atom is -0.352 e. The first-order chi connectivity index (χ1) is 10.1. The molecule has 1 aliphatic heterocycles. The quantitative estimate of drug-likeness (QED) is 0.641. The number of piperazine rings is 1. The predicted molar refractivity (Wildman–Crippen MR) is 82.7 cm³/mol. The van der Waals surface area contributed by atoms with Crippen molar-refractivity contribution in [2.24, 2.45) is 0 Å². The second-order valence-corrected chi connectivity index (χ2v) is 5.76. The molecule has 0 aliphatic carbocycles. The molecule has 4 nitrogen and oxygen atoms in total. The van der Waals surface area contributed by atoms with E-state index in [9.17, 15) is 9.18 Å². The lowest BCUT2D eigenvalue weighted by Gasteiger charge is -2.27. The van der Waals surface area contributed by atoms with E-state index in [0.717, 1.165) is 45.2 Å². The van der Waals surface area contributed by atoms with Crippen LogP contribution in [0, 0.1) is 5.82 Å². The van der Waals surface area contributed by atoms with E-state index in [4.69, 9.17) is 23.2 Å². The van der Waals surface area contributed by atoms with Crippen molar-refractivity contribution >= 4 is 29.1 Å². The molecule has 1 saturated heterocycles. The lowest BCUT2D eigenvalue weighted by molar-refractivity contribution is 0.0951. The largest absolute Gasteiger partial charge is 0.352 e. The van der Waals surface area contributed by atoms with Gasteiger partial charge in [-0.3, -0.25) is 4.79 Å². The van der Waals surface area contributed by atoms with Crippen LogP contribution in [0.5, 0.6) is 0 Å². The first-order valence-corrected chi connectivity index (χ1v) is 7.69. The molecule has 0 aromatic heterocycles. The molecule has 2 N–H and O–H groups in total. The van der Waals surface area contributed by atoms with E-state index >= 15 is 0 Å². The SMILES string of the molecule is O=C(NCCCN1CCNCC1)c1cc(F)c(Cl)cc1Cl. The Hall–Kier alpha value is -0.880. The van der Waals surface area contributed by atoms with Crippen molar-refractivity contribution < 1.29 is 9.18 Å². The number of hydrogen-bond acceptors (Lipinski definition) is 3. The fraction of sp³-hybridized carbons (Fsp3) is 0.500. The Morgan fingerprint density at radius 2 is 2.00 bits per heavy atom. The van der Waals surface area contributed by atoms with E-state index in [-0.39, 0.29) is 21.5 Å². The van der Waals surface area contributed by atoms with Gasteiger partial charge in [-0.15, -0.1) is 0 Å². The number of nitrogens with one attached hydrogen (secondary N) is 2. The predicted octanol–water partition coefficient (Wildman–Crippen LogP) is 2.16. The van der Waals surface area contributed by atoms with Crippen LogP contribution in [0.2, 0.25) is 10.0 Å². The fourth-order valence-corrected chi connectivity index (χ4v) is 2.70. The van der Waals surface area contributed by atoms with E-state index in [0.29, 0.717) is 6.54 Å². The Morgan fingerprint density at radius 1 is 1.29 bits per heavy atom. The summed E-state index contributed by atoms with van der Waals surface area (Å²) in [4.78, 5) is 14.3. The van der Waals surface area contributed by atoms with Gasteiger partial charge in [-0.1, -0.05) is 23.2 Å². The van der Waals surface area contributed by atoms with Crippen molar-refractivity contribution in [3.8, 4) is 0 Å². The van der Waals surface area contributed by atoms with Gasteiger partial charge in [0, 0.05) is 32.7 Å². The number of hydrogen-bond donors (Lipinski definition) is 2. The molecular formula is C14H18Cl2FN3O. The highest BCUT2D eigenvalue weighted by Crippen LogP contribution is 2.24. The highest BCUT2D eigenvalue weighted by Gasteiger charge is 2.14. The highest BCUT2D eigenvalue weighted by atomic mass is 35.5. The first-order valence-electron chi connectivity index (χ1n) is 6.94. The number of benzene rings is 1. The zero-order valence-corrected chi connectivity index (χ0v) is 13.1. The Kier molecular flexibility index (Phi) is 6.23. The van der Waals surface area contributed by atoms with Gasteiger partial charge in [0.25, 0.3) is 5.91 Å². The maximum atomic E-state index is 13.4. The monoisotopic (exact) mass is 333 g/mol. The van der Waals surface area contributed by atoms with Crippen molar-refractivity contribution in [2.45, 2.75) is 6.42 Å². The number of amides is 1. The summed E-state index contributed by atoms with van der Waals surface area (Å²) in [5, 5.41) is 6.11. The van der Waals surface area contributed by atoms with Crippen LogP contribution in [-0.4, -0.2) is 50.1 Å². The Bertz CT molecular complexity index is 507. The molecule has 1 heterocycles. The van der Waals surface area contributed by atoms with Gasteiger partial charge >= 0.3 is 0 Å². The second kappa shape index (κ2) is 7.94. The van der Waals surface area contributed by atoms with Crippen molar-refractivity contribution in [3.63, 3.8) is 0 Å². The molecule has 1 amide bonds. The Labute approximate surface area is 133 Å². The van der Waals surface area contributed by atoms with E-state index in [1.165, 1.54) is 6.07 Å². The van der Waals surface area contributed by atoms with Gasteiger partial charge in [0.1, 0.15) is 5.82 Å². The van der Waals surface area contributed by atoms with Gasteiger partial charge in [0.15, 0.2) is 0 Å². The molecule has 2 rings (SSSR count). The van der Waals surface area contributed by atoms with Gasteiger partial charge in [0.05, 0.1) is 15.6 Å². The molecule has 21 heavy (non-hydrogen) atoms. The molecule has 0 atom stereocenters. The van der Waals surface area contributed by atoms with Gasteiger partial charge < -0.3 is 15.5 Å². The molecule has 1 aromatic carbocycles. The second-order valence-electron chi connectivity index (χ2n) is 4.95. The van der Waals surface area contributed by atoms with Crippen LogP contribution in [0.3, 0.4) is 0 Å². The van der Waals surface area contributed by atoms with Crippen LogP contribution >= 0.6 is 23.2 Å². The first kappa shape index (κ1) is 16.5. The van der Waals surface area contributed by atoms with Crippen LogP contribution in [0.15, 0.2) is 12.1 Å². The van der Waals surface area contributed by atoms with Crippen molar-refractivity contribution in [3.05, 3.63) is 33.6 Å². The topological polar surface area (TPSA) is 44.4 Å². The Morgan fingerprint density at radius 3 is 2.71 bits per heavy atom. The van der Waals surface area contributed by atoms with E-state index in [2.05, 4.69) is 15.5 Å². The van der Waals surface area contributed by atoms with Gasteiger partial charge in [0.2, 0.25) is 0 Å². The molecule has 0 saturated carbocycles. The zero-order chi connectivity index (χ0) is 15.2. The summed E-state index contributed by atoms with van der Waals surface area (Å²) < 4.78 is 13.4. The fourth-order valence-electron chi connectivity index (χ4n) is 2.23. The average molecular weight is 334 g/mol. The molecule has 0 radical (unpaired) electrons. The highest BCUT2D eigenvalue weighted by molar-refractivity contribution is 6.36. The third kappa shape index (κ3) is 4.81. The van der Waals surface area contributed by atoms with Crippen LogP contribution in [-0.2, 0) is 0 Å². The lowest BCUT2D eigenvalue weighted by atomic mass is 10.2. The molecule has 0 bridgehead atoms. The molecule has 116 valence electrons. The summed E-state index contributed by atoms with van der Waals surface area (Å²) in [6.07, 6.45) is 0.847. The van der Waals surface area contributed by atoms with E-state index in [1.807, 2.05) is 0 Å². The van der Waals surface area contributed by atoms with Crippen LogP contribution < -0.4 is 10.6 Å². The molecule has 1 fully saturated rings. The Balaban J connectivity index is 1.78. The van der Waals surface area contributed by atoms with Crippen LogP contribution in [0.25, 0.3) is 0 Å². The standard InChI is InChI=1S/C14H18Cl2FN3O/c15-11-9-12(16)13(17)8-10(11)14(21)19-2-1-5-20-6-3-18-4-7-20/h8-9,18H,1-7H2,(H,19,21). The van der Waals surface area contributed by atoms with Gasteiger partial charge in [-0.05, 0) is 25.1 Å². The maximum Gasteiger partial charge on any atom is 0.252 e. The third-order valence-electron chi connectivity index (χ3n) is 3.40. The number of nitrogens with zero attached hydrogens (tertiary/aromatic N) is 1. The number of carbonyl (C=O) groups is 1. The van der Waals surface area contributed by atoms with Gasteiger partial charge in [-0.25, -0.2) is 4.39 Å². The van der Waals surface area contributed by atoms with Crippen molar-refractivity contribution in [2.75, 3.05) is 39.3 Å². The lowest BCUT2D eigenvalue weighted by Crippen LogP contribution is -2.44. The normalized spacial score (nSPS) is 16.0. The summed E-state index contributed by atoms with van der Waals surface area (Å²) in [5.74, 6) is -1.03. The smallest absolute Gasteiger partial charge is 0.252 e. The minimum atomic E-state index is -0.646.